The van der Waals surface area contributed by atoms with E-state index in [4.69, 9.17) is 0 Å². The van der Waals surface area contributed by atoms with E-state index in [0.717, 1.165) is 39.1 Å². The molecule has 0 saturated heterocycles. The van der Waals surface area contributed by atoms with Gasteiger partial charge in [-0.1, -0.05) is 12.1 Å². The Morgan fingerprint density at radius 2 is 1.68 bits per heavy atom. The van der Waals surface area contributed by atoms with Crippen molar-refractivity contribution >= 4 is 32.8 Å². The third-order valence-corrected chi connectivity index (χ3v) is 5.14. The molecule has 0 aliphatic carbocycles. The largest absolute Gasteiger partial charge is 0.339 e. The Balaban J connectivity index is 1.58. The summed E-state index contributed by atoms with van der Waals surface area (Å²) in [4.78, 5) is 16.9. The minimum atomic E-state index is 0.863. The molecule has 6 rings (SSSR count). The van der Waals surface area contributed by atoms with Crippen molar-refractivity contribution in [1.29, 1.82) is 0 Å². The lowest BCUT2D eigenvalue weighted by molar-refractivity contribution is 1.10. The van der Waals surface area contributed by atoms with Gasteiger partial charge in [0.2, 0.25) is 0 Å². The predicted molar refractivity (Wildman–Crippen MR) is 111 cm³/mol. The van der Waals surface area contributed by atoms with Gasteiger partial charge in [-0.25, -0.2) is 4.98 Å². The number of fused-ring (bicyclic) bond motifs is 5. The second-order valence-corrected chi connectivity index (χ2v) is 6.75. The summed E-state index contributed by atoms with van der Waals surface area (Å²) in [5.41, 5.74) is 5.89. The molecule has 132 valence electrons. The first kappa shape index (κ1) is 15.1. The van der Waals surface area contributed by atoms with Crippen LogP contribution in [-0.2, 0) is 0 Å². The molecule has 5 heterocycles. The van der Waals surface area contributed by atoms with Crippen LogP contribution in [0.4, 0.5) is 0 Å². The molecule has 5 aromatic heterocycles. The van der Waals surface area contributed by atoms with Gasteiger partial charge in [0.1, 0.15) is 5.65 Å². The van der Waals surface area contributed by atoms with E-state index in [0.29, 0.717) is 0 Å². The summed E-state index contributed by atoms with van der Waals surface area (Å²) >= 11 is 0. The number of benzene rings is 1. The molecule has 0 atom stereocenters. The van der Waals surface area contributed by atoms with Crippen molar-refractivity contribution in [1.82, 2.24) is 24.5 Å². The van der Waals surface area contributed by atoms with Gasteiger partial charge in [-0.3, -0.25) is 9.97 Å². The Morgan fingerprint density at radius 3 is 2.54 bits per heavy atom. The summed E-state index contributed by atoms with van der Waals surface area (Å²) in [6.07, 6.45) is 7.59. The van der Waals surface area contributed by atoms with Gasteiger partial charge < -0.3 is 9.55 Å². The Kier molecular flexibility index (Phi) is 3.10. The van der Waals surface area contributed by atoms with Crippen LogP contribution in [0.25, 0.3) is 49.9 Å². The molecule has 1 aromatic carbocycles. The first-order valence-corrected chi connectivity index (χ1v) is 9.13. The van der Waals surface area contributed by atoms with E-state index in [2.05, 4.69) is 61.0 Å². The van der Waals surface area contributed by atoms with Crippen molar-refractivity contribution in [2.45, 2.75) is 0 Å². The Morgan fingerprint density at radius 1 is 0.750 bits per heavy atom. The molecule has 1 N–H and O–H groups in total. The molecule has 0 fully saturated rings. The molecule has 0 aliphatic rings. The lowest BCUT2D eigenvalue weighted by Gasteiger charge is -2.08. The average molecular weight is 361 g/mol. The molecule has 0 radical (unpaired) electrons. The fourth-order valence-electron chi connectivity index (χ4n) is 3.85. The number of aromatic nitrogens is 5. The zero-order valence-corrected chi connectivity index (χ0v) is 14.9. The zero-order valence-electron chi connectivity index (χ0n) is 14.9. The molecule has 0 unspecified atom stereocenters. The number of aromatic amines is 1. The summed E-state index contributed by atoms with van der Waals surface area (Å²) < 4.78 is 2.19. The molecule has 0 aliphatic heterocycles. The van der Waals surface area contributed by atoms with E-state index in [1.165, 1.54) is 10.8 Å². The maximum atomic E-state index is 4.64. The van der Waals surface area contributed by atoms with E-state index >= 15 is 0 Å². The standard InChI is InChI=1S/C23H15N5/c1-2-11-24-18(5-1)19-9-7-16(14-26-19)28-13-10-15-6-8-20-21(22(15)28)17-4-3-12-25-23(17)27-20/h1-14H,(H,25,27). The van der Waals surface area contributed by atoms with Crippen LogP contribution in [0.3, 0.4) is 0 Å². The smallest absolute Gasteiger partial charge is 0.138 e. The molecular formula is C23H15N5. The number of nitrogens with one attached hydrogen (secondary N) is 1. The van der Waals surface area contributed by atoms with Crippen molar-refractivity contribution in [2.75, 3.05) is 0 Å². The molecule has 0 amide bonds. The average Bonchev–Trinajstić information content (AvgIpc) is 3.35. The van der Waals surface area contributed by atoms with Crippen LogP contribution < -0.4 is 0 Å². The number of rotatable bonds is 2. The van der Waals surface area contributed by atoms with Gasteiger partial charge in [-0.15, -0.1) is 0 Å². The lowest BCUT2D eigenvalue weighted by atomic mass is 10.1. The van der Waals surface area contributed by atoms with E-state index in [-0.39, 0.29) is 0 Å². The molecule has 6 aromatic rings. The van der Waals surface area contributed by atoms with Crippen LogP contribution in [0.15, 0.2) is 85.5 Å². The van der Waals surface area contributed by atoms with Crippen molar-refractivity contribution in [3.8, 4) is 17.1 Å². The summed E-state index contributed by atoms with van der Waals surface area (Å²) in [5.74, 6) is 0. The first-order valence-electron chi connectivity index (χ1n) is 9.13. The Labute approximate surface area is 160 Å². The van der Waals surface area contributed by atoms with E-state index in [9.17, 15) is 0 Å². The van der Waals surface area contributed by atoms with Crippen molar-refractivity contribution < 1.29 is 0 Å². The van der Waals surface area contributed by atoms with Crippen LogP contribution in [-0.4, -0.2) is 24.5 Å². The fourth-order valence-corrected chi connectivity index (χ4v) is 3.85. The molecule has 0 saturated carbocycles. The predicted octanol–water partition coefficient (Wildman–Crippen LogP) is 5.12. The molecule has 28 heavy (non-hydrogen) atoms. The molecule has 5 nitrogen and oxygen atoms in total. The summed E-state index contributed by atoms with van der Waals surface area (Å²) in [6, 6.07) is 20.4. The van der Waals surface area contributed by atoms with Crippen molar-refractivity contribution in [2.24, 2.45) is 0 Å². The number of pyridine rings is 3. The fraction of sp³-hybridized carbons (Fsp3) is 0. The van der Waals surface area contributed by atoms with Gasteiger partial charge in [0.25, 0.3) is 0 Å². The van der Waals surface area contributed by atoms with Crippen LogP contribution >= 0.6 is 0 Å². The van der Waals surface area contributed by atoms with Crippen molar-refractivity contribution in [3.63, 3.8) is 0 Å². The highest BCUT2D eigenvalue weighted by Crippen LogP contribution is 2.33. The number of hydrogen-bond acceptors (Lipinski definition) is 3. The highest BCUT2D eigenvalue weighted by molar-refractivity contribution is 6.18. The number of H-pyrrole nitrogens is 1. The van der Waals surface area contributed by atoms with Gasteiger partial charge >= 0.3 is 0 Å². The van der Waals surface area contributed by atoms with Crippen molar-refractivity contribution in [3.05, 3.63) is 85.5 Å². The summed E-state index contributed by atoms with van der Waals surface area (Å²) in [7, 11) is 0. The highest BCUT2D eigenvalue weighted by Gasteiger charge is 2.13. The molecule has 5 heteroatoms. The molecule has 0 bridgehead atoms. The lowest BCUT2D eigenvalue weighted by Crippen LogP contribution is -1.95. The highest BCUT2D eigenvalue weighted by atomic mass is 15.0. The van der Waals surface area contributed by atoms with Crippen LogP contribution in [0.5, 0.6) is 0 Å². The summed E-state index contributed by atoms with van der Waals surface area (Å²) in [6.45, 7) is 0. The maximum absolute atomic E-state index is 4.64. The monoisotopic (exact) mass is 361 g/mol. The topological polar surface area (TPSA) is 59.4 Å². The third-order valence-electron chi connectivity index (χ3n) is 5.14. The SMILES string of the molecule is c1ccc(-c2ccc(-n3ccc4ccc5[nH]c6ncccc6c5c43)cn2)nc1. The maximum Gasteiger partial charge on any atom is 0.138 e. The second-order valence-electron chi connectivity index (χ2n) is 6.75. The van der Waals surface area contributed by atoms with Gasteiger partial charge in [-0.05, 0) is 48.5 Å². The Bertz CT molecular complexity index is 1440. The second kappa shape index (κ2) is 5.76. The van der Waals surface area contributed by atoms with Crippen LogP contribution in [0.2, 0.25) is 0 Å². The zero-order chi connectivity index (χ0) is 18.5. The van der Waals surface area contributed by atoms with Gasteiger partial charge in [-0.2, -0.15) is 0 Å². The number of hydrogen-bond donors (Lipinski definition) is 1. The van der Waals surface area contributed by atoms with Gasteiger partial charge in [0, 0.05) is 40.3 Å². The third kappa shape index (κ3) is 2.16. The van der Waals surface area contributed by atoms with Gasteiger partial charge in [0.05, 0.1) is 28.8 Å². The molecule has 0 spiro atoms. The first-order chi connectivity index (χ1) is 13.9. The van der Waals surface area contributed by atoms with E-state index in [1.54, 1.807) is 6.20 Å². The minimum absolute atomic E-state index is 0.863. The van der Waals surface area contributed by atoms with E-state index in [1.807, 2.05) is 42.7 Å². The van der Waals surface area contributed by atoms with Crippen LogP contribution in [0, 0.1) is 0 Å². The van der Waals surface area contributed by atoms with Gasteiger partial charge in [0.15, 0.2) is 0 Å². The van der Waals surface area contributed by atoms with E-state index < -0.39 is 0 Å². The quantitative estimate of drug-likeness (QED) is 0.466. The number of nitrogens with zero attached hydrogens (tertiary/aromatic N) is 4. The normalized spacial score (nSPS) is 11.6. The molecular weight excluding hydrogens is 346 g/mol. The van der Waals surface area contributed by atoms with Crippen LogP contribution in [0.1, 0.15) is 0 Å². The summed E-state index contributed by atoms with van der Waals surface area (Å²) in [5, 5.41) is 3.49. The minimum Gasteiger partial charge on any atom is -0.339 e. The Hall–Kier alpha value is -3.99.